The van der Waals surface area contributed by atoms with Gasteiger partial charge in [0.1, 0.15) is 0 Å². The minimum absolute atomic E-state index is 0.0928. The summed E-state index contributed by atoms with van der Waals surface area (Å²) in [4.78, 5) is 48.2. The number of urea groups is 1. The van der Waals surface area contributed by atoms with Crippen LogP contribution in [-0.2, 0) is 33.7 Å². The molecule has 4 rings (SSSR count). The summed E-state index contributed by atoms with van der Waals surface area (Å²) in [5.41, 5.74) is 1.56. The highest BCUT2D eigenvalue weighted by Gasteiger charge is 2.24. The molecule has 12 heteroatoms. The molecule has 1 aliphatic carbocycles. The number of nitrogens with one attached hydrogen (secondary N) is 3. The summed E-state index contributed by atoms with van der Waals surface area (Å²) in [6.45, 7) is 3.64. The van der Waals surface area contributed by atoms with Crippen molar-refractivity contribution >= 4 is 50.8 Å². The van der Waals surface area contributed by atoms with Gasteiger partial charge in [-0.25, -0.2) is 14.8 Å². The van der Waals surface area contributed by atoms with E-state index in [1.807, 2.05) is 4.90 Å². The van der Waals surface area contributed by atoms with Crippen molar-refractivity contribution in [1.82, 2.24) is 20.2 Å². The highest BCUT2D eigenvalue weighted by molar-refractivity contribution is 7.16. The Bertz CT molecular complexity index is 1000. The van der Waals surface area contributed by atoms with E-state index >= 15 is 0 Å². The minimum Gasteiger partial charge on any atom is -0.466 e. The second kappa shape index (κ2) is 11.0. The number of carbonyl (C=O) groups excluding carboxylic acids is 3. The van der Waals surface area contributed by atoms with Gasteiger partial charge in [-0.3, -0.25) is 19.8 Å². The van der Waals surface area contributed by atoms with Crippen molar-refractivity contribution in [3.05, 3.63) is 21.6 Å². The van der Waals surface area contributed by atoms with Gasteiger partial charge in [0.05, 0.1) is 31.0 Å². The fourth-order valence-corrected chi connectivity index (χ4v) is 5.76. The first-order valence-electron chi connectivity index (χ1n) is 11.2. The Labute approximate surface area is 200 Å². The van der Waals surface area contributed by atoms with E-state index in [1.165, 1.54) is 22.7 Å². The molecule has 33 heavy (non-hydrogen) atoms. The molecule has 0 unspecified atom stereocenters. The number of thiazole rings is 2. The van der Waals surface area contributed by atoms with E-state index in [0.29, 0.717) is 35.7 Å². The van der Waals surface area contributed by atoms with Gasteiger partial charge in [-0.1, -0.05) is 12.8 Å². The molecule has 3 N–H and O–H groups in total. The molecule has 0 radical (unpaired) electrons. The quantitative estimate of drug-likeness (QED) is 0.484. The zero-order chi connectivity index (χ0) is 23.2. The van der Waals surface area contributed by atoms with E-state index in [9.17, 15) is 14.4 Å². The van der Waals surface area contributed by atoms with Crippen LogP contribution in [0.2, 0.25) is 0 Å². The number of carbonyl (C=O) groups is 3. The molecule has 178 valence electrons. The number of rotatable bonds is 8. The third kappa shape index (κ3) is 6.71. The molecular weight excluding hydrogens is 464 g/mol. The molecule has 0 aromatic carbocycles. The largest absolute Gasteiger partial charge is 0.466 e. The topological polar surface area (TPSA) is 126 Å². The molecular formula is C21H28N6O4S2. The van der Waals surface area contributed by atoms with Gasteiger partial charge in [0.25, 0.3) is 0 Å². The van der Waals surface area contributed by atoms with Crippen LogP contribution in [0.5, 0.6) is 0 Å². The molecule has 2 aromatic heterocycles. The number of hydrogen-bond acceptors (Lipinski definition) is 9. The van der Waals surface area contributed by atoms with Gasteiger partial charge >= 0.3 is 12.0 Å². The van der Waals surface area contributed by atoms with Crippen LogP contribution in [0.4, 0.5) is 15.1 Å². The average Bonchev–Trinajstić information content (AvgIpc) is 3.49. The van der Waals surface area contributed by atoms with Gasteiger partial charge < -0.3 is 15.4 Å². The monoisotopic (exact) mass is 492 g/mol. The maximum absolute atomic E-state index is 12.5. The summed E-state index contributed by atoms with van der Waals surface area (Å²) in [7, 11) is 0. The molecule has 3 heterocycles. The van der Waals surface area contributed by atoms with Crippen molar-refractivity contribution in [1.29, 1.82) is 0 Å². The number of anilines is 2. The van der Waals surface area contributed by atoms with E-state index in [0.717, 1.165) is 42.7 Å². The molecule has 3 amide bonds. The molecule has 2 aliphatic rings. The molecule has 0 bridgehead atoms. The summed E-state index contributed by atoms with van der Waals surface area (Å²) in [6.07, 6.45) is 5.22. The Kier molecular flexibility index (Phi) is 7.89. The lowest BCUT2D eigenvalue weighted by atomic mass is 10.2. The van der Waals surface area contributed by atoms with Gasteiger partial charge in [0.15, 0.2) is 10.3 Å². The number of fused-ring (bicyclic) bond motifs is 1. The van der Waals surface area contributed by atoms with Crippen molar-refractivity contribution in [2.75, 3.05) is 30.3 Å². The predicted octanol–water partition coefficient (Wildman–Crippen LogP) is 2.77. The van der Waals surface area contributed by atoms with Crippen molar-refractivity contribution < 1.29 is 19.1 Å². The molecule has 10 nitrogen and oxygen atoms in total. The van der Waals surface area contributed by atoms with Gasteiger partial charge in [0, 0.05) is 35.8 Å². The van der Waals surface area contributed by atoms with Crippen molar-refractivity contribution in [3.63, 3.8) is 0 Å². The Balaban J connectivity index is 1.24. The molecule has 0 spiro atoms. The number of aromatic nitrogens is 2. The predicted molar refractivity (Wildman–Crippen MR) is 127 cm³/mol. The normalized spacial score (nSPS) is 16.3. The van der Waals surface area contributed by atoms with Crippen LogP contribution in [0.1, 0.15) is 48.9 Å². The molecule has 1 saturated carbocycles. The van der Waals surface area contributed by atoms with Crippen LogP contribution >= 0.6 is 22.7 Å². The van der Waals surface area contributed by atoms with Crippen molar-refractivity contribution in [3.8, 4) is 0 Å². The lowest BCUT2D eigenvalue weighted by molar-refractivity contribution is -0.142. The lowest BCUT2D eigenvalue weighted by Gasteiger charge is -2.24. The fourth-order valence-electron chi connectivity index (χ4n) is 3.99. The average molecular weight is 493 g/mol. The maximum atomic E-state index is 12.5. The van der Waals surface area contributed by atoms with Crippen LogP contribution in [-0.4, -0.2) is 58.5 Å². The van der Waals surface area contributed by atoms with Crippen LogP contribution in [0, 0.1) is 0 Å². The number of hydrogen-bond donors (Lipinski definition) is 3. The first-order chi connectivity index (χ1) is 16.0. The fraction of sp³-hybridized carbons (Fsp3) is 0.571. The van der Waals surface area contributed by atoms with Gasteiger partial charge in [-0.15, -0.1) is 22.7 Å². The first kappa shape index (κ1) is 23.6. The zero-order valence-electron chi connectivity index (χ0n) is 18.5. The molecule has 0 saturated heterocycles. The summed E-state index contributed by atoms with van der Waals surface area (Å²) in [5.74, 6) is -0.492. The summed E-state index contributed by atoms with van der Waals surface area (Å²) in [6, 6.07) is 0.0580. The van der Waals surface area contributed by atoms with Gasteiger partial charge in [-0.2, -0.15) is 0 Å². The number of nitrogens with zero attached hydrogens (tertiary/aromatic N) is 3. The molecule has 0 atom stereocenters. The number of ether oxygens (including phenoxy) is 1. The van der Waals surface area contributed by atoms with Gasteiger partial charge in [0.2, 0.25) is 5.91 Å². The van der Waals surface area contributed by atoms with E-state index in [2.05, 4.69) is 25.9 Å². The third-order valence-electron chi connectivity index (χ3n) is 5.52. The Morgan fingerprint density at radius 1 is 1.18 bits per heavy atom. The maximum Gasteiger partial charge on any atom is 0.321 e. The molecule has 1 aliphatic heterocycles. The van der Waals surface area contributed by atoms with E-state index < -0.39 is 0 Å². The Morgan fingerprint density at radius 3 is 2.79 bits per heavy atom. The lowest BCUT2D eigenvalue weighted by Crippen LogP contribution is -2.36. The van der Waals surface area contributed by atoms with Crippen molar-refractivity contribution in [2.24, 2.45) is 0 Å². The first-order valence-corrected chi connectivity index (χ1v) is 12.9. The highest BCUT2D eigenvalue weighted by atomic mass is 32.1. The minimum atomic E-state index is -0.334. The van der Waals surface area contributed by atoms with Gasteiger partial charge in [-0.05, 0) is 19.8 Å². The summed E-state index contributed by atoms with van der Waals surface area (Å²) in [5, 5.41) is 11.5. The second-order valence-corrected chi connectivity index (χ2v) is 10.0. The zero-order valence-corrected chi connectivity index (χ0v) is 20.1. The van der Waals surface area contributed by atoms with Crippen LogP contribution in [0.25, 0.3) is 0 Å². The molecule has 1 fully saturated rings. The second-order valence-electron chi connectivity index (χ2n) is 8.10. The summed E-state index contributed by atoms with van der Waals surface area (Å²) < 4.78 is 4.92. The SMILES string of the molecule is CCOC(=O)Cc1csc(NC(=O)CN2CCc3nc(NC(=O)NC4CCCC4)sc3C2)n1. The Hall–Kier alpha value is -2.57. The smallest absolute Gasteiger partial charge is 0.321 e. The van der Waals surface area contributed by atoms with Crippen LogP contribution < -0.4 is 16.0 Å². The van der Waals surface area contributed by atoms with E-state index in [4.69, 9.17) is 4.74 Å². The molecule has 2 aromatic rings. The number of amides is 3. The Morgan fingerprint density at radius 2 is 2.00 bits per heavy atom. The highest BCUT2D eigenvalue weighted by Crippen LogP contribution is 2.28. The van der Waals surface area contributed by atoms with Crippen molar-refractivity contribution in [2.45, 2.75) is 58.0 Å². The third-order valence-corrected chi connectivity index (χ3v) is 7.32. The summed E-state index contributed by atoms with van der Waals surface area (Å²) >= 11 is 2.74. The van der Waals surface area contributed by atoms with E-state index in [-0.39, 0.29) is 36.9 Å². The van der Waals surface area contributed by atoms with Crippen LogP contribution in [0.3, 0.4) is 0 Å². The van der Waals surface area contributed by atoms with Crippen LogP contribution in [0.15, 0.2) is 5.38 Å². The van der Waals surface area contributed by atoms with E-state index in [1.54, 1.807) is 12.3 Å². The number of esters is 1. The standard InChI is InChI=1S/C21H28N6O4S2/c1-2-31-18(29)9-14-12-32-20(23-14)25-17(28)11-27-8-7-15-16(10-27)33-21(24-15)26-19(30)22-13-5-3-4-6-13/h12-13H,2-11H2,1H3,(H,23,25,28)(H2,22,24,26,30).